The molecule has 20 heavy (non-hydrogen) atoms. The summed E-state index contributed by atoms with van der Waals surface area (Å²) in [5, 5.41) is 0. The Morgan fingerprint density at radius 3 is 2.00 bits per heavy atom. The third-order valence-electron chi connectivity index (χ3n) is 2.63. The summed E-state index contributed by atoms with van der Waals surface area (Å²) in [6.07, 6.45) is -5.66. The fourth-order valence-corrected chi connectivity index (χ4v) is 3.11. The van der Waals surface area contributed by atoms with Crippen LogP contribution in [-0.2, 0) is 0 Å². The van der Waals surface area contributed by atoms with Crippen molar-refractivity contribution in [2.45, 2.75) is 16.9 Å². The van der Waals surface area contributed by atoms with Gasteiger partial charge in [0.2, 0.25) is 0 Å². The van der Waals surface area contributed by atoms with E-state index in [0.717, 1.165) is 6.07 Å². The van der Waals surface area contributed by atoms with Gasteiger partial charge in [-0.15, -0.1) is 0 Å². The minimum Gasteiger partial charge on any atom is -0.486 e. The highest BCUT2D eigenvalue weighted by Gasteiger charge is 2.62. The lowest BCUT2D eigenvalue weighted by Gasteiger charge is -2.27. The lowest BCUT2D eigenvalue weighted by Crippen LogP contribution is -2.40. The molecule has 2 rings (SSSR count). The topological polar surface area (TPSA) is 18.5 Å². The molecule has 0 saturated carbocycles. The zero-order valence-electron chi connectivity index (χ0n) is 9.61. The third-order valence-corrected chi connectivity index (χ3v) is 4.39. The maximum atomic E-state index is 13.4. The van der Waals surface area contributed by atoms with Gasteiger partial charge in [0.05, 0.1) is 0 Å². The van der Waals surface area contributed by atoms with Gasteiger partial charge in [-0.1, -0.05) is 31.9 Å². The smallest absolute Gasteiger partial charge is 0.454 e. The largest absolute Gasteiger partial charge is 0.486 e. The van der Waals surface area contributed by atoms with Crippen molar-refractivity contribution in [3.8, 4) is 11.5 Å². The Bertz CT molecular complexity index is 518. The molecule has 0 bridgehead atoms. The van der Waals surface area contributed by atoms with Crippen LogP contribution in [0.5, 0.6) is 11.5 Å². The second-order valence-corrected chi connectivity index (χ2v) is 5.77. The summed E-state index contributed by atoms with van der Waals surface area (Å²) in [5.74, 6) is -4.49. The van der Waals surface area contributed by atoms with E-state index in [0.29, 0.717) is 5.75 Å². The van der Waals surface area contributed by atoms with E-state index in [2.05, 4.69) is 31.9 Å². The monoisotopic (exact) mass is 424 g/mol. The highest BCUT2D eigenvalue weighted by atomic mass is 79.9. The van der Waals surface area contributed by atoms with Gasteiger partial charge in [-0.25, -0.2) is 0 Å². The predicted molar refractivity (Wildman–Crippen MR) is 67.8 cm³/mol. The lowest BCUT2D eigenvalue weighted by molar-refractivity contribution is -0.281. The normalized spacial score (nSPS) is 16.9. The molecule has 0 N–H and O–H groups in total. The summed E-state index contributed by atoms with van der Waals surface area (Å²) in [7, 11) is 0. The molecule has 1 aliphatic rings. The van der Waals surface area contributed by atoms with E-state index in [1.54, 1.807) is 0 Å². The van der Waals surface area contributed by atoms with Crippen molar-refractivity contribution in [3.63, 3.8) is 0 Å². The van der Waals surface area contributed by atoms with Crippen LogP contribution in [0.3, 0.4) is 0 Å². The first-order valence-electron chi connectivity index (χ1n) is 5.32. The van der Waals surface area contributed by atoms with Crippen LogP contribution in [-0.4, -0.2) is 25.3 Å². The first kappa shape index (κ1) is 15.8. The lowest BCUT2D eigenvalue weighted by atomic mass is 10.1. The van der Waals surface area contributed by atoms with Crippen LogP contribution in [0.4, 0.5) is 22.0 Å². The number of ether oxygens (including phenoxy) is 2. The Hall–Kier alpha value is -0.570. The molecule has 1 aromatic carbocycles. The highest BCUT2D eigenvalue weighted by molar-refractivity contribution is 9.11. The minimum absolute atomic E-state index is 0.0764. The van der Waals surface area contributed by atoms with E-state index in [4.69, 9.17) is 9.47 Å². The summed E-state index contributed by atoms with van der Waals surface area (Å²) in [4.78, 5) is -2.24. The molecule has 1 heterocycles. The molecule has 0 aliphatic carbocycles. The molecule has 1 aliphatic heterocycles. The number of fused-ring (bicyclic) bond motifs is 1. The molecule has 0 aromatic heterocycles. The van der Waals surface area contributed by atoms with Gasteiger partial charge in [-0.3, -0.25) is 0 Å². The minimum atomic E-state index is -5.66. The van der Waals surface area contributed by atoms with Crippen LogP contribution < -0.4 is 9.47 Å². The number of hydrogen-bond donors (Lipinski definition) is 0. The Morgan fingerprint density at radius 1 is 1.00 bits per heavy atom. The molecule has 0 saturated heterocycles. The van der Waals surface area contributed by atoms with Crippen molar-refractivity contribution in [1.82, 2.24) is 0 Å². The van der Waals surface area contributed by atoms with E-state index < -0.39 is 16.9 Å². The molecule has 9 heteroatoms. The van der Waals surface area contributed by atoms with Crippen LogP contribution in [0, 0.1) is 0 Å². The molecule has 1 unspecified atom stereocenters. The van der Waals surface area contributed by atoms with Gasteiger partial charge in [-0.05, 0) is 17.7 Å². The summed E-state index contributed by atoms with van der Waals surface area (Å²) in [5.41, 5.74) is -0.267. The summed E-state index contributed by atoms with van der Waals surface area (Å²) in [6, 6.07) is 2.42. The third kappa shape index (κ3) is 2.74. The van der Waals surface area contributed by atoms with Crippen LogP contribution >= 0.6 is 31.9 Å². The van der Waals surface area contributed by atoms with E-state index >= 15 is 0 Å². The first-order valence-corrected chi connectivity index (χ1v) is 7.03. The molecule has 2 nitrogen and oxygen atoms in total. The number of benzene rings is 1. The molecule has 0 spiro atoms. The van der Waals surface area contributed by atoms with E-state index in [1.165, 1.54) is 6.07 Å². The molecule has 0 amide bonds. The fraction of sp³-hybridized carbons (Fsp3) is 0.455. The predicted octanol–water partition coefficient (Wildman–Crippen LogP) is 4.85. The first-order chi connectivity index (χ1) is 9.14. The van der Waals surface area contributed by atoms with Crippen molar-refractivity contribution >= 4 is 31.9 Å². The van der Waals surface area contributed by atoms with Gasteiger partial charge in [0.15, 0.2) is 11.5 Å². The van der Waals surface area contributed by atoms with Crippen molar-refractivity contribution in [1.29, 1.82) is 0 Å². The molecule has 0 radical (unpaired) electrons. The van der Waals surface area contributed by atoms with Crippen LogP contribution in [0.15, 0.2) is 16.6 Å². The summed E-state index contributed by atoms with van der Waals surface area (Å²) < 4.78 is 74.3. The van der Waals surface area contributed by atoms with Gasteiger partial charge in [0.25, 0.3) is 0 Å². The number of alkyl halides is 6. The van der Waals surface area contributed by atoms with Crippen LogP contribution in [0.2, 0.25) is 0 Å². The fourth-order valence-electron chi connectivity index (χ4n) is 1.61. The second kappa shape index (κ2) is 5.32. The average Bonchev–Trinajstić information content (AvgIpc) is 2.35. The van der Waals surface area contributed by atoms with Crippen LogP contribution in [0.25, 0.3) is 0 Å². The Balaban J connectivity index is 2.42. The Kier molecular flexibility index (Phi) is 4.21. The van der Waals surface area contributed by atoms with Gasteiger partial charge in [0.1, 0.15) is 18.0 Å². The van der Waals surface area contributed by atoms with Crippen molar-refractivity contribution < 1.29 is 31.4 Å². The van der Waals surface area contributed by atoms with E-state index in [1.807, 2.05) is 0 Å². The molecule has 1 aromatic rings. The standard InChI is InChI=1S/C11H7Br2F5O2/c12-6-4-8-7(19-1-2-20-8)3-5(6)9(13)10(14,15)11(16,17)18/h3-4,9H,1-2H2. The number of rotatable bonds is 2. The molecule has 112 valence electrons. The van der Waals surface area contributed by atoms with Crippen LogP contribution in [0.1, 0.15) is 10.4 Å². The SMILES string of the molecule is FC(F)(F)C(F)(F)C(Br)c1cc2c(cc1Br)OCCO2. The summed E-state index contributed by atoms with van der Waals surface area (Å²) in [6.45, 7) is 0.492. The van der Waals surface area contributed by atoms with Gasteiger partial charge in [0, 0.05) is 4.47 Å². The Morgan fingerprint density at radius 2 is 1.50 bits per heavy atom. The average molecular weight is 426 g/mol. The quantitative estimate of drug-likeness (QED) is 0.498. The maximum absolute atomic E-state index is 13.4. The van der Waals surface area contributed by atoms with E-state index in [-0.39, 0.29) is 29.0 Å². The maximum Gasteiger partial charge on any atom is 0.454 e. The zero-order chi connectivity index (χ0) is 15.1. The number of halogens is 7. The molecular formula is C11H7Br2F5O2. The number of hydrogen-bond acceptors (Lipinski definition) is 2. The zero-order valence-corrected chi connectivity index (χ0v) is 12.8. The van der Waals surface area contributed by atoms with Gasteiger partial charge >= 0.3 is 12.1 Å². The van der Waals surface area contributed by atoms with Crippen molar-refractivity contribution in [2.24, 2.45) is 0 Å². The highest BCUT2D eigenvalue weighted by Crippen LogP contribution is 2.51. The second-order valence-electron chi connectivity index (χ2n) is 4.00. The molecule has 0 fully saturated rings. The molecular weight excluding hydrogens is 419 g/mol. The molecule has 1 atom stereocenters. The Labute approximate surface area is 127 Å². The summed E-state index contributed by atoms with van der Waals surface area (Å²) >= 11 is 5.39. The van der Waals surface area contributed by atoms with Gasteiger partial charge < -0.3 is 9.47 Å². The van der Waals surface area contributed by atoms with E-state index in [9.17, 15) is 22.0 Å². The van der Waals surface area contributed by atoms with Crippen molar-refractivity contribution in [2.75, 3.05) is 13.2 Å². The van der Waals surface area contributed by atoms with Crippen molar-refractivity contribution in [3.05, 3.63) is 22.2 Å². The van der Waals surface area contributed by atoms with Gasteiger partial charge in [-0.2, -0.15) is 22.0 Å².